The van der Waals surface area contributed by atoms with Crippen LogP contribution >= 0.6 is 34.5 Å². The summed E-state index contributed by atoms with van der Waals surface area (Å²) in [6.45, 7) is 0. The molecule has 0 aliphatic rings. The number of halogens is 2. The second kappa shape index (κ2) is 8.97. The molecule has 0 aliphatic heterocycles. The van der Waals surface area contributed by atoms with E-state index in [1.54, 1.807) is 48.9 Å². The zero-order chi connectivity index (χ0) is 22.0. The van der Waals surface area contributed by atoms with Crippen molar-refractivity contribution in [3.63, 3.8) is 0 Å². The van der Waals surface area contributed by atoms with Crippen LogP contribution in [0.1, 0.15) is 5.56 Å². The number of ether oxygens (including phenoxy) is 2. The van der Waals surface area contributed by atoms with Crippen LogP contribution in [0.15, 0.2) is 56.1 Å². The highest BCUT2D eigenvalue weighted by atomic mass is 35.5. The molecular formula is C21H15Cl2N3O4S. The molecule has 0 saturated heterocycles. The summed E-state index contributed by atoms with van der Waals surface area (Å²) in [7, 11) is 3.09. The predicted octanol–water partition coefficient (Wildman–Crippen LogP) is 5.69. The molecule has 31 heavy (non-hydrogen) atoms. The molecule has 0 fully saturated rings. The monoisotopic (exact) mass is 475 g/mol. The lowest BCUT2D eigenvalue weighted by molar-refractivity contribution is 0.414. The van der Waals surface area contributed by atoms with E-state index in [0.717, 1.165) is 5.39 Å². The summed E-state index contributed by atoms with van der Waals surface area (Å²) in [5, 5.41) is 7.97. The number of nitrogens with one attached hydrogen (secondary N) is 1. The Kier molecular flexibility index (Phi) is 6.13. The first-order chi connectivity index (χ1) is 15.0. The van der Waals surface area contributed by atoms with Crippen LogP contribution in [-0.4, -0.2) is 25.4 Å². The SMILES string of the molecule is COc1ccc2oc(=O)c(-c3csc(N/N=C/c4cc(Cl)cc(Cl)c4OC)n3)cc2c1. The molecule has 0 radical (unpaired) electrons. The molecule has 0 aliphatic carbocycles. The molecule has 2 aromatic heterocycles. The molecule has 4 aromatic rings. The van der Waals surface area contributed by atoms with Gasteiger partial charge in [0.25, 0.3) is 0 Å². The molecule has 10 heteroatoms. The lowest BCUT2D eigenvalue weighted by atomic mass is 10.1. The number of hydrogen-bond acceptors (Lipinski definition) is 8. The number of methoxy groups -OCH3 is 2. The van der Waals surface area contributed by atoms with Crippen molar-refractivity contribution < 1.29 is 13.9 Å². The van der Waals surface area contributed by atoms with Crippen LogP contribution in [0.2, 0.25) is 10.0 Å². The third-order valence-electron chi connectivity index (χ3n) is 4.32. The molecule has 1 N–H and O–H groups in total. The molecule has 0 bridgehead atoms. The number of hydrogen-bond donors (Lipinski definition) is 1. The predicted molar refractivity (Wildman–Crippen MR) is 124 cm³/mol. The van der Waals surface area contributed by atoms with Crippen LogP contribution in [0.3, 0.4) is 0 Å². The Balaban J connectivity index is 1.59. The summed E-state index contributed by atoms with van der Waals surface area (Å²) in [5.74, 6) is 1.12. The standard InChI is InChI=1S/C21H15Cl2N3O4S/c1-28-14-3-4-18-11(6-14)7-15(20(27)30-18)17-10-31-21(25-17)26-24-9-12-5-13(22)8-16(23)19(12)29-2/h3-10H,1-2H3,(H,25,26)/b24-9+. The molecule has 0 spiro atoms. The van der Waals surface area contributed by atoms with Crippen LogP contribution in [-0.2, 0) is 0 Å². The molecule has 2 heterocycles. The van der Waals surface area contributed by atoms with E-state index in [1.807, 2.05) is 0 Å². The van der Waals surface area contributed by atoms with Crippen LogP contribution in [0.4, 0.5) is 5.13 Å². The number of hydrazone groups is 1. The van der Waals surface area contributed by atoms with Crippen molar-refractivity contribution in [1.82, 2.24) is 4.98 Å². The van der Waals surface area contributed by atoms with Crippen LogP contribution in [0, 0.1) is 0 Å². The number of anilines is 1. The number of benzene rings is 2. The average molecular weight is 476 g/mol. The summed E-state index contributed by atoms with van der Waals surface area (Å²) < 4.78 is 15.9. The van der Waals surface area contributed by atoms with Gasteiger partial charge < -0.3 is 13.9 Å². The van der Waals surface area contributed by atoms with Gasteiger partial charge in [-0.3, -0.25) is 5.43 Å². The number of rotatable bonds is 6. The summed E-state index contributed by atoms with van der Waals surface area (Å²) in [5.41, 5.74) is 4.26. The molecule has 0 atom stereocenters. The number of aromatic nitrogens is 1. The fraction of sp³-hybridized carbons (Fsp3) is 0.0952. The lowest BCUT2D eigenvalue weighted by Crippen LogP contribution is -2.03. The minimum atomic E-state index is -0.476. The van der Waals surface area contributed by atoms with Gasteiger partial charge in [-0.15, -0.1) is 11.3 Å². The van der Waals surface area contributed by atoms with Gasteiger partial charge in [0.15, 0.2) is 0 Å². The van der Waals surface area contributed by atoms with Gasteiger partial charge in [-0.25, -0.2) is 9.78 Å². The van der Waals surface area contributed by atoms with Crippen molar-refractivity contribution in [2.45, 2.75) is 0 Å². The van der Waals surface area contributed by atoms with E-state index in [1.165, 1.54) is 24.7 Å². The third kappa shape index (κ3) is 4.51. The fourth-order valence-electron chi connectivity index (χ4n) is 2.90. The smallest absolute Gasteiger partial charge is 0.345 e. The summed E-state index contributed by atoms with van der Waals surface area (Å²) >= 11 is 13.5. The molecule has 0 amide bonds. The van der Waals surface area contributed by atoms with Gasteiger partial charge in [0, 0.05) is 21.4 Å². The van der Waals surface area contributed by atoms with Crippen LogP contribution in [0.5, 0.6) is 11.5 Å². The largest absolute Gasteiger partial charge is 0.497 e. The topological polar surface area (TPSA) is 86.0 Å². The van der Waals surface area contributed by atoms with Crippen LogP contribution < -0.4 is 20.5 Å². The van der Waals surface area contributed by atoms with Gasteiger partial charge >= 0.3 is 5.63 Å². The molecule has 158 valence electrons. The number of thiazole rings is 1. The van der Waals surface area contributed by atoms with E-state index in [-0.39, 0.29) is 0 Å². The van der Waals surface area contributed by atoms with E-state index in [2.05, 4.69) is 15.5 Å². The summed E-state index contributed by atoms with van der Waals surface area (Å²) in [6.07, 6.45) is 1.52. The lowest BCUT2D eigenvalue weighted by Gasteiger charge is -2.07. The van der Waals surface area contributed by atoms with Gasteiger partial charge in [0.05, 0.1) is 36.7 Å². The maximum absolute atomic E-state index is 12.4. The van der Waals surface area contributed by atoms with Crippen molar-refractivity contribution in [2.24, 2.45) is 5.10 Å². The highest BCUT2D eigenvalue weighted by Gasteiger charge is 2.12. The Hall–Kier alpha value is -3.07. The van der Waals surface area contributed by atoms with Gasteiger partial charge in [-0.05, 0) is 36.4 Å². The molecule has 7 nitrogen and oxygen atoms in total. The Morgan fingerprint density at radius 1 is 1.16 bits per heavy atom. The van der Waals surface area contributed by atoms with E-state index >= 15 is 0 Å². The Bertz CT molecular complexity index is 1350. The van der Waals surface area contributed by atoms with Gasteiger partial charge in [0.2, 0.25) is 5.13 Å². The average Bonchev–Trinajstić information content (AvgIpc) is 3.21. The third-order valence-corrected chi connectivity index (χ3v) is 5.57. The quantitative estimate of drug-likeness (QED) is 0.219. The van der Waals surface area contributed by atoms with Crippen LogP contribution in [0.25, 0.3) is 22.2 Å². The fourth-order valence-corrected chi connectivity index (χ4v) is 4.15. The van der Waals surface area contributed by atoms with Crippen molar-refractivity contribution in [3.05, 3.63) is 67.8 Å². The minimum Gasteiger partial charge on any atom is -0.497 e. The Morgan fingerprint density at radius 2 is 2.00 bits per heavy atom. The second-order valence-electron chi connectivity index (χ2n) is 6.27. The highest BCUT2D eigenvalue weighted by molar-refractivity contribution is 7.14. The maximum Gasteiger partial charge on any atom is 0.345 e. The highest BCUT2D eigenvalue weighted by Crippen LogP contribution is 2.31. The van der Waals surface area contributed by atoms with Gasteiger partial charge in [0.1, 0.15) is 17.1 Å². The number of fused-ring (bicyclic) bond motifs is 1. The molecule has 0 saturated carbocycles. The summed E-state index contributed by atoms with van der Waals surface area (Å²) in [4.78, 5) is 16.8. The first kappa shape index (κ1) is 21.2. The molecule has 2 aromatic carbocycles. The Labute approximate surface area is 190 Å². The minimum absolute atomic E-state index is 0.345. The molecule has 0 unspecified atom stereocenters. The van der Waals surface area contributed by atoms with E-state index < -0.39 is 5.63 Å². The van der Waals surface area contributed by atoms with Crippen molar-refractivity contribution in [1.29, 1.82) is 0 Å². The normalized spacial score (nSPS) is 11.2. The molecule has 4 rings (SSSR count). The van der Waals surface area contributed by atoms with Gasteiger partial charge in [-0.2, -0.15) is 5.10 Å². The van der Waals surface area contributed by atoms with Gasteiger partial charge in [-0.1, -0.05) is 23.2 Å². The zero-order valence-electron chi connectivity index (χ0n) is 16.3. The zero-order valence-corrected chi connectivity index (χ0v) is 18.6. The maximum atomic E-state index is 12.4. The van der Waals surface area contributed by atoms with Crippen molar-refractivity contribution in [3.8, 4) is 22.8 Å². The van der Waals surface area contributed by atoms with E-state index in [0.29, 0.717) is 49.1 Å². The first-order valence-corrected chi connectivity index (χ1v) is 10.5. The van der Waals surface area contributed by atoms with E-state index in [4.69, 9.17) is 37.1 Å². The van der Waals surface area contributed by atoms with Crippen molar-refractivity contribution >= 4 is 56.9 Å². The number of nitrogens with zero attached hydrogens (tertiary/aromatic N) is 2. The second-order valence-corrected chi connectivity index (χ2v) is 7.97. The van der Waals surface area contributed by atoms with Crippen molar-refractivity contribution in [2.75, 3.05) is 19.6 Å². The first-order valence-electron chi connectivity index (χ1n) is 8.88. The van der Waals surface area contributed by atoms with E-state index in [9.17, 15) is 4.79 Å². The summed E-state index contributed by atoms with van der Waals surface area (Å²) in [6, 6.07) is 10.2. The Morgan fingerprint density at radius 3 is 2.77 bits per heavy atom. The molecular weight excluding hydrogens is 461 g/mol.